The van der Waals surface area contributed by atoms with Crippen LogP contribution in [0.1, 0.15) is 18.0 Å². The molecule has 0 amide bonds. The molecule has 13 heavy (non-hydrogen) atoms. The molecule has 2 nitrogen and oxygen atoms in total. The molecule has 0 bridgehead atoms. The number of benzene rings is 1. The highest BCUT2D eigenvalue weighted by atomic mass is 35.5. The number of aliphatic hydroxyl groups excluding tert-OH is 1. The topological polar surface area (TPSA) is 46.2 Å². The standard InChI is InChI=1S/C9H11Cl2NO/c10-6-2-1-3-7(11)9(6)8(12)4-5-13/h1-3,8,13H,4-5,12H2. The van der Waals surface area contributed by atoms with Crippen LogP contribution in [-0.4, -0.2) is 11.7 Å². The summed E-state index contributed by atoms with van der Waals surface area (Å²) >= 11 is 11.8. The molecule has 0 aliphatic carbocycles. The molecule has 1 unspecified atom stereocenters. The molecule has 0 aromatic heterocycles. The van der Waals surface area contributed by atoms with Gasteiger partial charge in [-0.2, -0.15) is 0 Å². The number of hydrogen-bond donors (Lipinski definition) is 2. The number of halogens is 2. The lowest BCUT2D eigenvalue weighted by Gasteiger charge is -2.13. The first kappa shape index (κ1) is 10.8. The van der Waals surface area contributed by atoms with Gasteiger partial charge in [0.1, 0.15) is 0 Å². The van der Waals surface area contributed by atoms with E-state index >= 15 is 0 Å². The number of nitrogens with two attached hydrogens (primary N) is 1. The van der Waals surface area contributed by atoms with Crippen molar-refractivity contribution in [2.24, 2.45) is 5.73 Å². The Morgan fingerprint density at radius 2 is 1.85 bits per heavy atom. The summed E-state index contributed by atoms with van der Waals surface area (Å²) in [5.41, 5.74) is 6.49. The summed E-state index contributed by atoms with van der Waals surface area (Å²) in [7, 11) is 0. The normalized spacial score (nSPS) is 12.9. The predicted octanol–water partition coefficient (Wildman–Crippen LogP) is 2.38. The zero-order valence-electron chi connectivity index (χ0n) is 7.00. The van der Waals surface area contributed by atoms with Crippen LogP contribution in [0.2, 0.25) is 10.0 Å². The third-order valence-electron chi connectivity index (χ3n) is 1.81. The minimum absolute atomic E-state index is 0.0305. The van der Waals surface area contributed by atoms with E-state index < -0.39 is 0 Å². The summed E-state index contributed by atoms with van der Waals surface area (Å²) in [6, 6.07) is 4.94. The SMILES string of the molecule is NC(CCO)c1c(Cl)cccc1Cl. The maximum atomic E-state index is 8.71. The first-order valence-corrected chi connectivity index (χ1v) is 4.72. The number of hydrogen-bond acceptors (Lipinski definition) is 2. The predicted molar refractivity (Wildman–Crippen MR) is 55.1 cm³/mol. The van der Waals surface area contributed by atoms with Gasteiger partial charge in [0, 0.05) is 28.3 Å². The van der Waals surface area contributed by atoms with Crippen molar-refractivity contribution in [2.45, 2.75) is 12.5 Å². The Hall–Kier alpha value is -0.280. The van der Waals surface area contributed by atoms with Crippen molar-refractivity contribution in [1.82, 2.24) is 0 Å². The molecule has 0 fully saturated rings. The molecule has 1 aromatic rings. The maximum absolute atomic E-state index is 8.71. The van der Waals surface area contributed by atoms with Crippen molar-refractivity contribution in [3.63, 3.8) is 0 Å². The lowest BCUT2D eigenvalue weighted by atomic mass is 10.1. The van der Waals surface area contributed by atoms with Gasteiger partial charge in [0.2, 0.25) is 0 Å². The van der Waals surface area contributed by atoms with Crippen molar-refractivity contribution in [1.29, 1.82) is 0 Å². The van der Waals surface area contributed by atoms with Crippen LogP contribution < -0.4 is 5.73 Å². The van der Waals surface area contributed by atoms with Crippen LogP contribution in [0, 0.1) is 0 Å². The highest BCUT2D eigenvalue weighted by Crippen LogP contribution is 2.30. The van der Waals surface area contributed by atoms with Crippen LogP contribution in [0.25, 0.3) is 0 Å². The first-order valence-electron chi connectivity index (χ1n) is 3.97. The Kier molecular flexibility index (Phi) is 4.00. The van der Waals surface area contributed by atoms with Crippen molar-refractivity contribution in [3.05, 3.63) is 33.8 Å². The second-order valence-corrected chi connectivity index (χ2v) is 3.57. The van der Waals surface area contributed by atoms with E-state index in [1.807, 2.05) is 0 Å². The van der Waals surface area contributed by atoms with E-state index in [-0.39, 0.29) is 12.6 Å². The Bertz CT molecular complexity index is 271. The van der Waals surface area contributed by atoms with Gasteiger partial charge in [-0.05, 0) is 18.6 Å². The van der Waals surface area contributed by atoms with Crippen LogP contribution >= 0.6 is 23.2 Å². The van der Waals surface area contributed by atoms with E-state index in [1.54, 1.807) is 18.2 Å². The summed E-state index contributed by atoms with van der Waals surface area (Å²) < 4.78 is 0. The Morgan fingerprint density at radius 3 is 2.31 bits per heavy atom. The minimum Gasteiger partial charge on any atom is -0.396 e. The second-order valence-electron chi connectivity index (χ2n) is 2.75. The van der Waals surface area contributed by atoms with Gasteiger partial charge >= 0.3 is 0 Å². The molecule has 3 N–H and O–H groups in total. The average Bonchev–Trinajstić information content (AvgIpc) is 2.04. The molecule has 0 saturated heterocycles. The molecular weight excluding hydrogens is 209 g/mol. The second kappa shape index (κ2) is 4.82. The van der Waals surface area contributed by atoms with Crippen LogP contribution in [0.4, 0.5) is 0 Å². The summed E-state index contributed by atoms with van der Waals surface area (Å²) in [5, 5.41) is 9.81. The molecule has 0 spiro atoms. The van der Waals surface area contributed by atoms with E-state index in [0.717, 1.165) is 0 Å². The van der Waals surface area contributed by atoms with Gasteiger partial charge in [0.25, 0.3) is 0 Å². The molecule has 1 rings (SSSR count). The van der Waals surface area contributed by atoms with Crippen molar-refractivity contribution in [2.75, 3.05) is 6.61 Å². The van der Waals surface area contributed by atoms with Crippen LogP contribution in [0.3, 0.4) is 0 Å². The van der Waals surface area contributed by atoms with E-state index in [1.165, 1.54) is 0 Å². The van der Waals surface area contributed by atoms with E-state index in [4.69, 9.17) is 34.0 Å². The molecule has 0 aliphatic heterocycles. The molecule has 0 radical (unpaired) electrons. The van der Waals surface area contributed by atoms with Gasteiger partial charge in [-0.3, -0.25) is 0 Å². The molecule has 0 saturated carbocycles. The van der Waals surface area contributed by atoms with Crippen molar-refractivity contribution < 1.29 is 5.11 Å². The van der Waals surface area contributed by atoms with E-state index in [2.05, 4.69) is 0 Å². The molecule has 4 heteroatoms. The molecule has 1 atom stereocenters. The van der Waals surface area contributed by atoms with Crippen LogP contribution in [0.15, 0.2) is 18.2 Å². The van der Waals surface area contributed by atoms with Crippen molar-refractivity contribution in [3.8, 4) is 0 Å². The third kappa shape index (κ3) is 2.58. The first-order chi connectivity index (χ1) is 6.16. The highest BCUT2D eigenvalue weighted by molar-refractivity contribution is 6.36. The lowest BCUT2D eigenvalue weighted by molar-refractivity contribution is 0.276. The Labute approximate surface area is 87.3 Å². The maximum Gasteiger partial charge on any atom is 0.0468 e. The smallest absolute Gasteiger partial charge is 0.0468 e. The van der Waals surface area contributed by atoms with Gasteiger partial charge in [-0.15, -0.1) is 0 Å². The van der Waals surface area contributed by atoms with E-state index in [0.29, 0.717) is 22.0 Å². The largest absolute Gasteiger partial charge is 0.396 e. The van der Waals surface area contributed by atoms with Gasteiger partial charge in [-0.25, -0.2) is 0 Å². The highest BCUT2D eigenvalue weighted by Gasteiger charge is 2.12. The monoisotopic (exact) mass is 219 g/mol. The summed E-state index contributed by atoms with van der Waals surface area (Å²) in [6.07, 6.45) is 0.462. The van der Waals surface area contributed by atoms with Crippen LogP contribution in [-0.2, 0) is 0 Å². The number of aliphatic hydroxyl groups is 1. The number of rotatable bonds is 3. The van der Waals surface area contributed by atoms with Gasteiger partial charge < -0.3 is 10.8 Å². The third-order valence-corrected chi connectivity index (χ3v) is 2.47. The average molecular weight is 220 g/mol. The summed E-state index contributed by atoms with van der Waals surface area (Å²) in [5.74, 6) is 0. The fraction of sp³-hybridized carbons (Fsp3) is 0.333. The quantitative estimate of drug-likeness (QED) is 0.821. The van der Waals surface area contributed by atoms with Gasteiger partial charge in [0.15, 0.2) is 0 Å². The van der Waals surface area contributed by atoms with Gasteiger partial charge in [-0.1, -0.05) is 29.3 Å². The summed E-state index contributed by atoms with van der Waals surface area (Å²) in [4.78, 5) is 0. The van der Waals surface area contributed by atoms with Crippen molar-refractivity contribution >= 4 is 23.2 Å². The minimum atomic E-state index is -0.300. The van der Waals surface area contributed by atoms with Gasteiger partial charge in [0.05, 0.1) is 0 Å². The Morgan fingerprint density at radius 1 is 1.31 bits per heavy atom. The summed E-state index contributed by atoms with van der Waals surface area (Å²) in [6.45, 7) is 0.0305. The zero-order valence-corrected chi connectivity index (χ0v) is 8.52. The Balaban J connectivity index is 2.98. The molecule has 1 aromatic carbocycles. The molecule has 72 valence electrons. The molecule has 0 aliphatic rings. The van der Waals surface area contributed by atoms with E-state index in [9.17, 15) is 0 Å². The fourth-order valence-corrected chi connectivity index (χ4v) is 1.83. The lowest BCUT2D eigenvalue weighted by Crippen LogP contribution is -2.12. The molecule has 0 heterocycles. The zero-order chi connectivity index (χ0) is 9.84. The molecular formula is C9H11Cl2NO. The fourth-order valence-electron chi connectivity index (χ4n) is 1.15. The van der Waals surface area contributed by atoms with Crippen LogP contribution in [0.5, 0.6) is 0 Å².